The Balaban J connectivity index is 2.26. The molecule has 2 amide bonds. The molecule has 1 unspecified atom stereocenters. The van der Waals surface area contributed by atoms with E-state index in [-0.39, 0.29) is 24.8 Å². The van der Waals surface area contributed by atoms with Gasteiger partial charge in [0.25, 0.3) is 0 Å². The highest BCUT2D eigenvalue weighted by Crippen LogP contribution is 2.23. The number of carbonyl (C=O) groups excluding carboxylic acids is 2. The van der Waals surface area contributed by atoms with E-state index in [1.54, 1.807) is 43.3 Å². The molecule has 1 N–H and O–H groups in total. The third kappa shape index (κ3) is 4.96. The van der Waals surface area contributed by atoms with Gasteiger partial charge >= 0.3 is 0 Å². The average molecular weight is 397 g/mol. The van der Waals surface area contributed by atoms with Crippen LogP contribution in [0.25, 0.3) is 0 Å². The average Bonchev–Trinajstić information content (AvgIpc) is 2.62. The topological polar surface area (TPSA) is 49.4 Å². The van der Waals surface area contributed by atoms with Crippen molar-refractivity contribution in [2.45, 2.75) is 25.9 Å². The second-order valence-electron chi connectivity index (χ2n) is 5.83. The molecule has 2 aromatic rings. The van der Waals surface area contributed by atoms with Gasteiger partial charge in [-0.2, -0.15) is 0 Å². The second-order valence-corrected chi connectivity index (χ2v) is 6.64. The lowest BCUT2D eigenvalue weighted by Crippen LogP contribution is -2.47. The van der Waals surface area contributed by atoms with E-state index in [1.165, 1.54) is 18.0 Å². The zero-order valence-corrected chi connectivity index (χ0v) is 15.9. The van der Waals surface area contributed by atoms with Crippen LogP contribution in [0.15, 0.2) is 42.5 Å². The summed E-state index contributed by atoms with van der Waals surface area (Å²) in [6.07, 6.45) is 0.0205. The van der Waals surface area contributed by atoms with Gasteiger partial charge in [0.05, 0.1) is 16.5 Å². The van der Waals surface area contributed by atoms with Crippen molar-refractivity contribution in [2.24, 2.45) is 0 Å². The molecule has 2 aromatic carbocycles. The number of amides is 2. The van der Waals surface area contributed by atoms with Crippen molar-refractivity contribution >= 4 is 35.0 Å². The summed E-state index contributed by atoms with van der Waals surface area (Å²) in [6, 6.07) is 10.3. The van der Waals surface area contributed by atoms with Gasteiger partial charge in [-0.15, -0.1) is 0 Å². The maximum absolute atomic E-state index is 14.0. The number of hydrogen-bond donors (Lipinski definition) is 1. The maximum Gasteiger partial charge on any atom is 0.242 e. The Morgan fingerprint density at radius 2 is 1.85 bits per heavy atom. The normalized spacial score (nSPS) is 11.7. The van der Waals surface area contributed by atoms with E-state index >= 15 is 0 Å². The summed E-state index contributed by atoms with van der Waals surface area (Å²) in [4.78, 5) is 26.2. The lowest BCUT2D eigenvalue weighted by molar-refractivity contribution is -0.139. The number of nitrogens with zero attached hydrogens (tertiary/aromatic N) is 1. The van der Waals surface area contributed by atoms with Crippen LogP contribution in [-0.2, 0) is 22.6 Å². The molecular weight excluding hydrogens is 378 g/mol. The number of halogens is 3. The van der Waals surface area contributed by atoms with Gasteiger partial charge in [0.15, 0.2) is 0 Å². The first-order valence-electron chi connectivity index (χ1n) is 8.02. The maximum atomic E-state index is 14.0. The Bertz CT molecular complexity index is 814. The van der Waals surface area contributed by atoms with Crippen LogP contribution in [0.3, 0.4) is 0 Å². The summed E-state index contributed by atoms with van der Waals surface area (Å²) in [5.41, 5.74) is 0.998. The second kappa shape index (κ2) is 9.01. The minimum atomic E-state index is -0.755. The molecule has 0 aliphatic heterocycles. The molecule has 7 heteroatoms. The van der Waals surface area contributed by atoms with Crippen molar-refractivity contribution in [1.82, 2.24) is 10.2 Å². The highest BCUT2D eigenvalue weighted by molar-refractivity contribution is 6.42. The Morgan fingerprint density at radius 1 is 1.15 bits per heavy atom. The predicted octanol–water partition coefficient (Wildman–Crippen LogP) is 3.84. The number of carbonyl (C=O) groups is 2. The lowest BCUT2D eigenvalue weighted by atomic mass is 10.1. The molecule has 0 spiro atoms. The summed E-state index contributed by atoms with van der Waals surface area (Å²) in [5, 5.41) is 3.25. The zero-order chi connectivity index (χ0) is 19.3. The first-order chi connectivity index (χ1) is 12.3. The number of hydrogen-bond acceptors (Lipinski definition) is 2. The van der Waals surface area contributed by atoms with E-state index in [9.17, 15) is 14.0 Å². The number of nitrogens with one attached hydrogen (secondary N) is 1. The van der Waals surface area contributed by atoms with Gasteiger partial charge in [-0.3, -0.25) is 9.59 Å². The molecule has 1 atom stereocenters. The van der Waals surface area contributed by atoms with Gasteiger partial charge in [0.2, 0.25) is 11.8 Å². The van der Waals surface area contributed by atoms with E-state index in [0.717, 1.165) is 0 Å². The molecule has 0 aliphatic carbocycles. The van der Waals surface area contributed by atoms with Crippen LogP contribution < -0.4 is 5.32 Å². The SMILES string of the molecule is CNC(=O)C(C)N(Cc1ccccc1F)C(=O)Cc1ccc(Cl)c(Cl)c1. The number of likely N-dealkylation sites (N-methyl/N-ethyl adjacent to an activating group) is 1. The van der Waals surface area contributed by atoms with Crippen LogP contribution in [0, 0.1) is 5.82 Å². The largest absolute Gasteiger partial charge is 0.357 e. The van der Waals surface area contributed by atoms with E-state index in [0.29, 0.717) is 21.2 Å². The predicted molar refractivity (Wildman–Crippen MR) is 101 cm³/mol. The Kier molecular flexibility index (Phi) is 7.00. The summed E-state index contributed by atoms with van der Waals surface area (Å²) in [7, 11) is 1.49. The van der Waals surface area contributed by atoms with Crippen molar-refractivity contribution < 1.29 is 14.0 Å². The molecule has 0 radical (unpaired) electrons. The van der Waals surface area contributed by atoms with Crippen LogP contribution in [0.2, 0.25) is 10.0 Å². The molecule has 0 aliphatic rings. The van der Waals surface area contributed by atoms with Crippen LogP contribution in [-0.4, -0.2) is 29.8 Å². The van der Waals surface area contributed by atoms with Crippen molar-refractivity contribution in [1.29, 1.82) is 0 Å². The van der Waals surface area contributed by atoms with Crippen LogP contribution >= 0.6 is 23.2 Å². The first-order valence-corrected chi connectivity index (χ1v) is 8.77. The zero-order valence-electron chi connectivity index (χ0n) is 14.4. The Morgan fingerprint density at radius 3 is 2.46 bits per heavy atom. The highest BCUT2D eigenvalue weighted by Gasteiger charge is 2.26. The van der Waals surface area contributed by atoms with Gasteiger partial charge in [-0.05, 0) is 30.7 Å². The fraction of sp³-hybridized carbons (Fsp3) is 0.263. The van der Waals surface area contributed by atoms with Crippen molar-refractivity contribution in [3.8, 4) is 0 Å². The molecule has 2 rings (SSSR count). The van der Waals surface area contributed by atoms with Gasteiger partial charge < -0.3 is 10.2 Å². The molecule has 138 valence electrons. The molecular formula is C19H19Cl2FN2O2. The highest BCUT2D eigenvalue weighted by atomic mass is 35.5. The van der Waals surface area contributed by atoms with Crippen LogP contribution in [0.1, 0.15) is 18.1 Å². The van der Waals surface area contributed by atoms with Crippen molar-refractivity contribution in [3.05, 3.63) is 69.5 Å². The van der Waals surface area contributed by atoms with E-state index in [1.807, 2.05) is 0 Å². The van der Waals surface area contributed by atoms with Crippen molar-refractivity contribution in [2.75, 3.05) is 7.05 Å². The van der Waals surface area contributed by atoms with Gasteiger partial charge in [-0.25, -0.2) is 4.39 Å². The minimum Gasteiger partial charge on any atom is -0.357 e. The third-order valence-corrected chi connectivity index (χ3v) is 4.79. The number of benzene rings is 2. The minimum absolute atomic E-state index is 0.0125. The summed E-state index contributed by atoms with van der Waals surface area (Å²) >= 11 is 11.9. The molecule has 26 heavy (non-hydrogen) atoms. The summed E-state index contributed by atoms with van der Waals surface area (Å²) < 4.78 is 14.0. The summed E-state index contributed by atoms with van der Waals surface area (Å²) in [6.45, 7) is 1.59. The van der Waals surface area contributed by atoms with Crippen LogP contribution in [0.4, 0.5) is 4.39 Å². The molecule has 0 bridgehead atoms. The first kappa shape index (κ1) is 20.2. The molecule has 0 aromatic heterocycles. The molecule has 0 saturated carbocycles. The van der Waals surface area contributed by atoms with E-state index < -0.39 is 11.9 Å². The molecule has 0 fully saturated rings. The van der Waals surface area contributed by atoms with Crippen molar-refractivity contribution in [3.63, 3.8) is 0 Å². The molecule has 0 saturated heterocycles. The number of rotatable bonds is 6. The smallest absolute Gasteiger partial charge is 0.242 e. The fourth-order valence-corrected chi connectivity index (χ4v) is 2.85. The molecule has 4 nitrogen and oxygen atoms in total. The van der Waals surface area contributed by atoms with E-state index in [4.69, 9.17) is 23.2 Å². The standard InChI is InChI=1S/C19H19Cl2FN2O2/c1-12(19(26)23-2)24(11-14-5-3-4-6-17(14)22)18(25)10-13-7-8-15(20)16(21)9-13/h3-9,12H,10-11H2,1-2H3,(H,23,26). The Hall–Kier alpha value is -2.11. The quantitative estimate of drug-likeness (QED) is 0.806. The van der Waals surface area contributed by atoms with E-state index in [2.05, 4.69) is 5.32 Å². The van der Waals surface area contributed by atoms with Gasteiger partial charge in [-0.1, -0.05) is 47.5 Å². The third-order valence-electron chi connectivity index (χ3n) is 4.05. The Labute approximate surface area is 161 Å². The monoisotopic (exact) mass is 396 g/mol. The molecule has 0 heterocycles. The van der Waals surface area contributed by atoms with Gasteiger partial charge in [0, 0.05) is 19.2 Å². The fourth-order valence-electron chi connectivity index (χ4n) is 2.53. The lowest BCUT2D eigenvalue weighted by Gasteiger charge is -2.28. The van der Waals surface area contributed by atoms with Crippen LogP contribution in [0.5, 0.6) is 0 Å². The summed E-state index contributed by atoms with van der Waals surface area (Å²) in [5.74, 6) is -1.07. The van der Waals surface area contributed by atoms with Gasteiger partial charge in [0.1, 0.15) is 11.9 Å².